The van der Waals surface area contributed by atoms with Gasteiger partial charge in [0.1, 0.15) is 5.65 Å². The highest BCUT2D eigenvalue weighted by atomic mass is 35.5. The van der Waals surface area contributed by atoms with Gasteiger partial charge in [-0.2, -0.15) is 4.98 Å². The second-order valence-electron chi connectivity index (χ2n) is 8.30. The van der Waals surface area contributed by atoms with Crippen molar-refractivity contribution in [1.82, 2.24) is 14.5 Å². The fourth-order valence-electron chi connectivity index (χ4n) is 4.18. The maximum absolute atomic E-state index is 13.5. The van der Waals surface area contributed by atoms with Crippen molar-refractivity contribution in [3.05, 3.63) is 39.8 Å². The van der Waals surface area contributed by atoms with E-state index < -0.39 is 5.60 Å². The Bertz CT molecular complexity index is 1100. The van der Waals surface area contributed by atoms with Crippen molar-refractivity contribution in [1.29, 1.82) is 0 Å². The molecular weight excluding hydrogens is 388 g/mol. The summed E-state index contributed by atoms with van der Waals surface area (Å²) in [6.45, 7) is 4.79. The molecule has 2 heterocycles. The summed E-state index contributed by atoms with van der Waals surface area (Å²) < 4.78 is 1.80. The maximum atomic E-state index is 13.5. The van der Waals surface area contributed by atoms with Crippen LogP contribution in [-0.4, -0.2) is 31.8 Å². The van der Waals surface area contributed by atoms with Gasteiger partial charge in [-0.3, -0.25) is 9.36 Å². The van der Waals surface area contributed by atoms with Crippen LogP contribution in [-0.2, 0) is 0 Å². The van der Waals surface area contributed by atoms with E-state index in [0.29, 0.717) is 34.8 Å². The molecule has 1 fully saturated rings. The molecule has 0 atom stereocenters. The number of aromatic nitrogens is 3. The summed E-state index contributed by atoms with van der Waals surface area (Å²) in [4.78, 5) is 22.7. The highest BCUT2D eigenvalue weighted by molar-refractivity contribution is 6.31. The van der Waals surface area contributed by atoms with Gasteiger partial charge in [0.15, 0.2) is 0 Å². The number of pyridine rings is 1. The molecule has 0 spiro atoms. The van der Waals surface area contributed by atoms with Gasteiger partial charge in [-0.15, -0.1) is 0 Å². The molecule has 0 unspecified atom stereocenters. The van der Waals surface area contributed by atoms with Crippen molar-refractivity contribution in [2.45, 2.75) is 64.0 Å². The summed E-state index contributed by atoms with van der Waals surface area (Å²) in [5.41, 5.74) is -0.108. The van der Waals surface area contributed by atoms with Crippen LogP contribution in [0.15, 0.2) is 29.2 Å². The van der Waals surface area contributed by atoms with E-state index in [1.807, 2.05) is 13.0 Å². The molecule has 4 rings (SSSR count). The lowest BCUT2D eigenvalue weighted by Crippen LogP contribution is -2.35. The quantitative estimate of drug-likeness (QED) is 0.468. The fourth-order valence-corrected chi connectivity index (χ4v) is 4.36. The summed E-state index contributed by atoms with van der Waals surface area (Å²) in [5, 5.41) is 16.4. The highest BCUT2D eigenvalue weighted by Gasteiger charge is 2.31. The second-order valence-corrected chi connectivity index (χ2v) is 8.74. The number of nitrogens with one attached hydrogen (secondary N) is 1. The van der Waals surface area contributed by atoms with Crippen molar-refractivity contribution >= 4 is 39.4 Å². The molecule has 154 valence electrons. The molecule has 0 bridgehead atoms. The highest BCUT2D eigenvalue weighted by Crippen LogP contribution is 2.36. The van der Waals surface area contributed by atoms with E-state index in [0.717, 1.165) is 43.0 Å². The Kier molecular flexibility index (Phi) is 5.49. The van der Waals surface area contributed by atoms with E-state index in [2.05, 4.69) is 17.2 Å². The first-order chi connectivity index (χ1) is 13.9. The molecule has 2 N–H and O–H groups in total. The third-order valence-corrected chi connectivity index (χ3v) is 6.16. The fraction of sp³-hybridized carbons (Fsp3) is 0.500. The third-order valence-electron chi connectivity index (χ3n) is 5.93. The minimum absolute atomic E-state index is 0.00741. The minimum Gasteiger partial charge on any atom is -0.390 e. The molecule has 0 aliphatic heterocycles. The van der Waals surface area contributed by atoms with E-state index in [9.17, 15) is 9.90 Å². The van der Waals surface area contributed by atoms with E-state index in [1.54, 1.807) is 22.9 Å². The van der Waals surface area contributed by atoms with Crippen LogP contribution in [0.25, 0.3) is 21.8 Å². The lowest BCUT2D eigenvalue weighted by atomic mass is 9.83. The number of fused-ring (bicyclic) bond motifs is 3. The molecule has 0 saturated heterocycles. The van der Waals surface area contributed by atoms with Crippen molar-refractivity contribution in [2.24, 2.45) is 0 Å². The van der Waals surface area contributed by atoms with Crippen LogP contribution in [0.5, 0.6) is 0 Å². The van der Waals surface area contributed by atoms with Gasteiger partial charge in [-0.25, -0.2) is 4.98 Å². The maximum Gasteiger partial charge on any atom is 0.260 e. The Balaban J connectivity index is 1.90. The van der Waals surface area contributed by atoms with Crippen LogP contribution in [0.2, 0.25) is 5.02 Å². The average molecular weight is 415 g/mol. The molecule has 3 aromatic rings. The van der Waals surface area contributed by atoms with Crippen molar-refractivity contribution < 1.29 is 5.11 Å². The van der Waals surface area contributed by atoms with Gasteiger partial charge < -0.3 is 10.4 Å². The molecular formula is C22H27ClN4O2. The number of hydrogen-bond donors (Lipinski definition) is 2. The molecule has 1 saturated carbocycles. The smallest absolute Gasteiger partial charge is 0.260 e. The lowest BCUT2D eigenvalue weighted by molar-refractivity contribution is 0.0100. The zero-order valence-corrected chi connectivity index (χ0v) is 17.7. The number of anilines is 1. The number of halogens is 1. The molecule has 0 radical (unpaired) electrons. The van der Waals surface area contributed by atoms with E-state index in [1.165, 1.54) is 0 Å². The first kappa shape index (κ1) is 20.1. The zero-order chi connectivity index (χ0) is 20.6. The van der Waals surface area contributed by atoms with Crippen LogP contribution in [0.4, 0.5) is 5.95 Å². The Hall–Kier alpha value is -2.18. The first-order valence-corrected chi connectivity index (χ1v) is 10.7. The van der Waals surface area contributed by atoms with Crippen molar-refractivity contribution in [2.75, 3.05) is 11.9 Å². The van der Waals surface area contributed by atoms with Crippen LogP contribution in [0, 0.1) is 0 Å². The molecule has 6 nitrogen and oxygen atoms in total. The number of rotatable bonds is 5. The third kappa shape index (κ3) is 3.96. The molecule has 2 aromatic heterocycles. The number of aliphatic hydroxyl groups is 1. The molecule has 7 heteroatoms. The lowest BCUT2D eigenvalue weighted by Gasteiger charge is -2.34. The summed E-state index contributed by atoms with van der Waals surface area (Å²) in [6.07, 6.45) is 6.69. The largest absolute Gasteiger partial charge is 0.390 e. The number of unbranched alkanes of at least 4 members (excludes halogenated alkanes) is 1. The molecule has 1 aromatic carbocycles. The van der Waals surface area contributed by atoms with Gasteiger partial charge in [-0.05, 0) is 56.5 Å². The van der Waals surface area contributed by atoms with Gasteiger partial charge >= 0.3 is 0 Å². The summed E-state index contributed by atoms with van der Waals surface area (Å²) in [7, 11) is 0. The number of hydrogen-bond acceptors (Lipinski definition) is 5. The van der Waals surface area contributed by atoms with Crippen LogP contribution < -0.4 is 10.9 Å². The number of benzene rings is 1. The van der Waals surface area contributed by atoms with Crippen LogP contribution >= 0.6 is 11.6 Å². The van der Waals surface area contributed by atoms with Gasteiger partial charge in [0.25, 0.3) is 5.56 Å². The summed E-state index contributed by atoms with van der Waals surface area (Å²) >= 11 is 6.19. The summed E-state index contributed by atoms with van der Waals surface area (Å²) in [6, 6.07) is 5.37. The number of nitrogens with zero attached hydrogens (tertiary/aromatic N) is 3. The Labute approximate surface area is 174 Å². The second kappa shape index (κ2) is 7.92. The van der Waals surface area contributed by atoms with E-state index >= 15 is 0 Å². The van der Waals surface area contributed by atoms with Gasteiger partial charge in [0.2, 0.25) is 5.95 Å². The Morgan fingerprint density at radius 2 is 2.03 bits per heavy atom. The molecule has 1 aliphatic carbocycles. The van der Waals surface area contributed by atoms with Crippen LogP contribution in [0.3, 0.4) is 0 Å². The van der Waals surface area contributed by atoms with Crippen LogP contribution in [0.1, 0.15) is 58.4 Å². The zero-order valence-electron chi connectivity index (χ0n) is 16.9. The first-order valence-electron chi connectivity index (χ1n) is 10.4. The van der Waals surface area contributed by atoms with Gasteiger partial charge in [0, 0.05) is 34.6 Å². The van der Waals surface area contributed by atoms with Crippen molar-refractivity contribution in [3.63, 3.8) is 0 Å². The van der Waals surface area contributed by atoms with Gasteiger partial charge in [-0.1, -0.05) is 31.0 Å². The normalized spacial score (nSPS) is 22.3. The Morgan fingerprint density at radius 3 is 2.76 bits per heavy atom. The molecule has 29 heavy (non-hydrogen) atoms. The monoisotopic (exact) mass is 414 g/mol. The van der Waals surface area contributed by atoms with E-state index in [-0.39, 0.29) is 11.6 Å². The van der Waals surface area contributed by atoms with Crippen molar-refractivity contribution in [3.8, 4) is 0 Å². The average Bonchev–Trinajstić information content (AvgIpc) is 2.69. The molecule has 0 amide bonds. The topological polar surface area (TPSA) is 80.0 Å². The minimum atomic E-state index is -0.669. The SMILES string of the molecule is CCCCNc1ncc2c3ccc(Cl)cc3c(=O)n([C@H]3CC[C@](C)(O)CC3)c2n1. The Morgan fingerprint density at radius 1 is 1.28 bits per heavy atom. The predicted octanol–water partition coefficient (Wildman–Crippen LogP) is 4.68. The summed E-state index contributed by atoms with van der Waals surface area (Å²) in [5.74, 6) is 0.537. The molecule has 1 aliphatic rings. The van der Waals surface area contributed by atoms with Gasteiger partial charge in [0.05, 0.1) is 5.60 Å². The standard InChI is InChI=1S/C22H27ClN4O2/c1-3-4-11-24-21-25-13-18-16-6-5-14(23)12-17(16)20(28)27(19(18)26-21)15-7-9-22(2,29)10-8-15/h5-6,12-13,15,29H,3-4,7-11H2,1-2H3,(H,24,25,26)/t15-,22-. The van der Waals surface area contributed by atoms with E-state index in [4.69, 9.17) is 16.6 Å². The predicted molar refractivity (Wildman–Crippen MR) is 118 cm³/mol.